The minimum atomic E-state index is -1.07. The molecule has 0 fully saturated rings. The van der Waals surface area contributed by atoms with Crippen molar-refractivity contribution in [3.05, 3.63) is 28.8 Å². The predicted molar refractivity (Wildman–Crippen MR) is 67.7 cm³/mol. The summed E-state index contributed by atoms with van der Waals surface area (Å²) in [7, 11) is 0. The third-order valence-corrected chi connectivity index (χ3v) is 3.07. The highest BCUT2D eigenvalue weighted by Gasteiger charge is 2.17. The largest absolute Gasteiger partial charge is 0.478 e. The number of aliphatic hydroxyl groups excluding tert-OH is 1. The lowest BCUT2D eigenvalue weighted by molar-refractivity contribution is 0.0698. The second-order valence-electron chi connectivity index (χ2n) is 4.06. The van der Waals surface area contributed by atoms with Crippen LogP contribution in [0.25, 0.3) is 0 Å². The van der Waals surface area contributed by atoms with Gasteiger partial charge in [-0.05, 0) is 25.0 Å². The van der Waals surface area contributed by atoms with Gasteiger partial charge >= 0.3 is 5.97 Å². The maximum atomic E-state index is 11.1. The molecule has 5 heteroatoms. The van der Waals surface area contributed by atoms with E-state index < -0.39 is 5.97 Å². The molecule has 0 saturated heterocycles. The van der Waals surface area contributed by atoms with E-state index in [4.69, 9.17) is 21.8 Å². The topological polar surface area (TPSA) is 69.6 Å². The molecule has 4 nitrogen and oxygen atoms in total. The van der Waals surface area contributed by atoms with Gasteiger partial charge in [-0.3, -0.25) is 0 Å². The van der Waals surface area contributed by atoms with Crippen LogP contribution < -0.4 is 5.32 Å². The van der Waals surface area contributed by atoms with Crippen LogP contribution in [0.4, 0.5) is 5.69 Å². The molecule has 2 unspecified atom stereocenters. The van der Waals surface area contributed by atoms with Crippen molar-refractivity contribution in [3.8, 4) is 0 Å². The van der Waals surface area contributed by atoms with Gasteiger partial charge in [0.2, 0.25) is 0 Å². The average Bonchev–Trinajstić information content (AvgIpc) is 2.27. The Bertz CT molecular complexity index is 409. The van der Waals surface area contributed by atoms with Crippen molar-refractivity contribution in [1.82, 2.24) is 0 Å². The summed E-state index contributed by atoms with van der Waals surface area (Å²) in [5, 5.41) is 21.4. The fourth-order valence-electron chi connectivity index (χ4n) is 1.41. The number of carboxylic acid groups (broad SMARTS) is 1. The van der Waals surface area contributed by atoms with Crippen LogP contribution in [0, 0.1) is 5.92 Å². The number of aromatic carboxylic acids is 1. The molecule has 0 aliphatic carbocycles. The number of hydrogen-bond donors (Lipinski definition) is 3. The van der Waals surface area contributed by atoms with Crippen LogP contribution in [0.5, 0.6) is 0 Å². The molecule has 17 heavy (non-hydrogen) atoms. The van der Waals surface area contributed by atoms with Crippen LogP contribution in [0.3, 0.4) is 0 Å². The molecular formula is C12H16ClNO3. The monoisotopic (exact) mass is 257 g/mol. The number of aliphatic hydroxyl groups is 1. The highest BCUT2D eigenvalue weighted by atomic mass is 35.5. The molecule has 0 aromatic heterocycles. The number of carboxylic acids is 1. The number of rotatable bonds is 5. The Kier molecular flexibility index (Phi) is 4.78. The Morgan fingerprint density at radius 2 is 2.12 bits per heavy atom. The van der Waals surface area contributed by atoms with Gasteiger partial charge < -0.3 is 15.5 Å². The first-order chi connectivity index (χ1) is 7.97. The molecule has 0 aliphatic heterocycles. The van der Waals surface area contributed by atoms with Crippen molar-refractivity contribution < 1.29 is 15.0 Å². The van der Waals surface area contributed by atoms with E-state index in [0.29, 0.717) is 5.69 Å². The zero-order chi connectivity index (χ0) is 13.0. The number of nitrogens with one attached hydrogen (secondary N) is 1. The molecule has 0 saturated carbocycles. The molecule has 0 amide bonds. The minimum Gasteiger partial charge on any atom is -0.478 e. The maximum Gasteiger partial charge on any atom is 0.339 e. The minimum absolute atomic E-state index is 0.0237. The summed E-state index contributed by atoms with van der Waals surface area (Å²) in [5.74, 6) is -1.04. The van der Waals surface area contributed by atoms with E-state index in [1.165, 1.54) is 6.07 Å². The summed E-state index contributed by atoms with van der Waals surface area (Å²) >= 11 is 5.85. The molecule has 94 valence electrons. The quantitative estimate of drug-likeness (QED) is 0.758. The normalized spacial score (nSPS) is 14.1. The van der Waals surface area contributed by atoms with Crippen molar-refractivity contribution in [1.29, 1.82) is 0 Å². The fourth-order valence-corrected chi connectivity index (χ4v) is 1.66. The number of benzene rings is 1. The third kappa shape index (κ3) is 3.35. The lowest BCUT2D eigenvalue weighted by Crippen LogP contribution is -2.27. The van der Waals surface area contributed by atoms with Crippen LogP contribution >= 0.6 is 11.6 Å². The predicted octanol–water partition coefficient (Wildman–Crippen LogP) is 2.47. The molecule has 0 aliphatic rings. The van der Waals surface area contributed by atoms with E-state index in [-0.39, 0.29) is 29.2 Å². The second kappa shape index (κ2) is 5.89. The van der Waals surface area contributed by atoms with E-state index in [9.17, 15) is 4.79 Å². The molecule has 3 N–H and O–H groups in total. The average molecular weight is 258 g/mol. The van der Waals surface area contributed by atoms with Gasteiger partial charge in [0.05, 0.1) is 10.7 Å². The first-order valence-electron chi connectivity index (χ1n) is 5.36. The summed E-state index contributed by atoms with van der Waals surface area (Å²) in [4.78, 5) is 11.1. The molecule has 0 bridgehead atoms. The Labute approximate surface area is 105 Å². The highest BCUT2D eigenvalue weighted by molar-refractivity contribution is 6.34. The lowest BCUT2D eigenvalue weighted by atomic mass is 10.0. The molecule has 0 radical (unpaired) electrons. The van der Waals surface area contributed by atoms with Gasteiger partial charge in [-0.15, -0.1) is 0 Å². The molecule has 1 rings (SSSR count). The van der Waals surface area contributed by atoms with Crippen LogP contribution in [0.1, 0.15) is 24.2 Å². The first kappa shape index (κ1) is 13.8. The smallest absolute Gasteiger partial charge is 0.339 e. The molecule has 1 aromatic rings. The van der Waals surface area contributed by atoms with Crippen LogP contribution in [0.2, 0.25) is 5.02 Å². The van der Waals surface area contributed by atoms with Gasteiger partial charge in [-0.25, -0.2) is 4.79 Å². The van der Waals surface area contributed by atoms with Crippen LogP contribution in [-0.4, -0.2) is 28.8 Å². The fraction of sp³-hybridized carbons (Fsp3) is 0.417. The lowest BCUT2D eigenvalue weighted by Gasteiger charge is -2.21. The van der Waals surface area contributed by atoms with Gasteiger partial charge in [-0.1, -0.05) is 24.6 Å². The Balaban J connectivity index is 2.98. The second-order valence-corrected chi connectivity index (χ2v) is 4.47. The van der Waals surface area contributed by atoms with E-state index >= 15 is 0 Å². The molecule has 2 atom stereocenters. The standard InChI is InChI=1S/C12H16ClNO3/c1-7(6-15)8(2)14-10-5-3-4-9(13)11(10)12(16)17/h3-5,7-8,14-15H,6H2,1-2H3,(H,16,17). The van der Waals surface area contributed by atoms with E-state index in [1.807, 2.05) is 13.8 Å². The maximum absolute atomic E-state index is 11.1. The van der Waals surface area contributed by atoms with E-state index in [1.54, 1.807) is 12.1 Å². The van der Waals surface area contributed by atoms with Gasteiger partial charge in [0.25, 0.3) is 0 Å². The van der Waals surface area contributed by atoms with Crippen LogP contribution in [0.15, 0.2) is 18.2 Å². The summed E-state index contributed by atoms with van der Waals surface area (Å²) < 4.78 is 0. The summed E-state index contributed by atoms with van der Waals surface area (Å²) in [6, 6.07) is 4.84. The van der Waals surface area contributed by atoms with Gasteiger partial charge in [0, 0.05) is 12.6 Å². The van der Waals surface area contributed by atoms with E-state index in [0.717, 1.165) is 0 Å². The Morgan fingerprint density at radius 1 is 1.47 bits per heavy atom. The van der Waals surface area contributed by atoms with Crippen molar-refractivity contribution in [2.24, 2.45) is 5.92 Å². The van der Waals surface area contributed by atoms with Crippen molar-refractivity contribution in [2.75, 3.05) is 11.9 Å². The zero-order valence-electron chi connectivity index (χ0n) is 9.77. The summed E-state index contributed by atoms with van der Waals surface area (Å²) in [6.07, 6.45) is 0. The van der Waals surface area contributed by atoms with Crippen molar-refractivity contribution in [3.63, 3.8) is 0 Å². The van der Waals surface area contributed by atoms with Gasteiger partial charge in [0.1, 0.15) is 5.56 Å². The molecule has 0 heterocycles. The number of carbonyl (C=O) groups is 1. The van der Waals surface area contributed by atoms with Gasteiger partial charge in [-0.2, -0.15) is 0 Å². The van der Waals surface area contributed by atoms with Gasteiger partial charge in [0.15, 0.2) is 0 Å². The highest BCUT2D eigenvalue weighted by Crippen LogP contribution is 2.25. The molecular weight excluding hydrogens is 242 g/mol. The van der Waals surface area contributed by atoms with E-state index in [2.05, 4.69) is 5.32 Å². The van der Waals surface area contributed by atoms with Crippen LogP contribution in [-0.2, 0) is 0 Å². The SMILES string of the molecule is CC(CO)C(C)Nc1cccc(Cl)c1C(=O)O. The Morgan fingerprint density at radius 3 is 2.65 bits per heavy atom. The molecule has 1 aromatic carbocycles. The zero-order valence-corrected chi connectivity index (χ0v) is 10.5. The van der Waals surface area contributed by atoms with Crippen molar-refractivity contribution in [2.45, 2.75) is 19.9 Å². The first-order valence-corrected chi connectivity index (χ1v) is 5.74. The Hall–Kier alpha value is -1.26. The summed E-state index contributed by atoms with van der Waals surface area (Å²) in [5.41, 5.74) is 0.531. The molecule has 0 spiro atoms. The number of halogens is 1. The third-order valence-electron chi connectivity index (χ3n) is 2.75. The van der Waals surface area contributed by atoms with Crippen molar-refractivity contribution >= 4 is 23.3 Å². The summed E-state index contributed by atoms with van der Waals surface area (Å²) in [6.45, 7) is 3.80. The number of hydrogen-bond acceptors (Lipinski definition) is 3. The number of anilines is 1.